The van der Waals surface area contributed by atoms with Gasteiger partial charge in [-0.3, -0.25) is 9.36 Å². The molecule has 0 saturated heterocycles. The molecule has 6 heteroatoms. The molecule has 2 aromatic carbocycles. The molecular formula is C21H22N2O3S. The summed E-state index contributed by atoms with van der Waals surface area (Å²) in [6.45, 7) is 4.08. The molecule has 0 aliphatic heterocycles. The molecule has 1 heterocycles. The van der Waals surface area contributed by atoms with Crippen molar-refractivity contribution in [2.24, 2.45) is 0 Å². The summed E-state index contributed by atoms with van der Waals surface area (Å²) in [5.41, 5.74) is 2.18. The monoisotopic (exact) mass is 382 g/mol. The molecule has 3 rings (SSSR count). The van der Waals surface area contributed by atoms with E-state index in [1.165, 1.54) is 18.9 Å². The van der Waals surface area contributed by atoms with Crippen molar-refractivity contribution in [1.82, 2.24) is 9.55 Å². The maximum atomic E-state index is 13.0. The number of carbonyl (C=O) groups excluding carboxylic acids is 1. The van der Waals surface area contributed by atoms with E-state index >= 15 is 0 Å². The molecule has 0 radical (unpaired) electrons. The molecule has 0 aliphatic carbocycles. The van der Waals surface area contributed by atoms with Gasteiger partial charge in [0.25, 0.3) is 5.56 Å². The van der Waals surface area contributed by atoms with Gasteiger partial charge in [0, 0.05) is 11.8 Å². The molecule has 3 aromatic rings. The Morgan fingerprint density at radius 2 is 2.00 bits per heavy atom. The van der Waals surface area contributed by atoms with E-state index in [-0.39, 0.29) is 17.6 Å². The van der Waals surface area contributed by atoms with Gasteiger partial charge >= 0.3 is 5.97 Å². The van der Waals surface area contributed by atoms with E-state index in [4.69, 9.17) is 9.72 Å². The predicted octanol–water partition coefficient (Wildman–Crippen LogP) is 4.45. The zero-order chi connectivity index (χ0) is 19.4. The zero-order valence-corrected chi connectivity index (χ0v) is 16.5. The summed E-state index contributed by atoms with van der Waals surface area (Å²) < 4.78 is 6.55. The largest absolute Gasteiger partial charge is 0.465 e. The molecule has 1 aromatic heterocycles. The standard InChI is InChI=1S/C21H22N2O3S/c1-4-14(2)23-19(24)17-10-5-6-11-18(17)22-21(23)27-13-15-8-7-9-16(12-15)20(25)26-3/h5-12,14H,4,13H2,1-3H3/t14-/m0/s1. The fourth-order valence-electron chi connectivity index (χ4n) is 2.85. The van der Waals surface area contributed by atoms with E-state index in [0.717, 1.165) is 12.0 Å². The minimum atomic E-state index is -0.359. The zero-order valence-electron chi connectivity index (χ0n) is 15.6. The van der Waals surface area contributed by atoms with Crippen molar-refractivity contribution in [3.05, 3.63) is 70.0 Å². The fraction of sp³-hybridized carbons (Fsp3) is 0.286. The number of ether oxygens (including phenoxy) is 1. The molecule has 0 unspecified atom stereocenters. The Morgan fingerprint density at radius 3 is 2.74 bits per heavy atom. The van der Waals surface area contributed by atoms with E-state index in [1.807, 2.05) is 49.4 Å². The number of carbonyl (C=O) groups is 1. The van der Waals surface area contributed by atoms with Crippen LogP contribution in [-0.2, 0) is 10.5 Å². The van der Waals surface area contributed by atoms with Gasteiger partial charge in [-0.1, -0.05) is 43.0 Å². The topological polar surface area (TPSA) is 61.2 Å². The fourth-order valence-corrected chi connectivity index (χ4v) is 3.89. The number of benzene rings is 2. The van der Waals surface area contributed by atoms with Crippen LogP contribution in [0.25, 0.3) is 10.9 Å². The molecule has 27 heavy (non-hydrogen) atoms. The number of aromatic nitrogens is 2. The van der Waals surface area contributed by atoms with Crippen LogP contribution >= 0.6 is 11.8 Å². The van der Waals surface area contributed by atoms with Gasteiger partial charge in [-0.25, -0.2) is 9.78 Å². The number of thioether (sulfide) groups is 1. The summed E-state index contributed by atoms with van der Waals surface area (Å²) in [5.74, 6) is 0.244. The highest BCUT2D eigenvalue weighted by Gasteiger charge is 2.16. The Balaban J connectivity index is 1.97. The van der Waals surface area contributed by atoms with Crippen molar-refractivity contribution < 1.29 is 9.53 Å². The van der Waals surface area contributed by atoms with E-state index in [0.29, 0.717) is 27.4 Å². The maximum absolute atomic E-state index is 13.0. The average Bonchev–Trinajstić information content (AvgIpc) is 2.71. The average molecular weight is 382 g/mol. The van der Waals surface area contributed by atoms with Crippen LogP contribution in [0.3, 0.4) is 0 Å². The lowest BCUT2D eigenvalue weighted by Gasteiger charge is -2.18. The lowest BCUT2D eigenvalue weighted by Crippen LogP contribution is -2.26. The first-order valence-corrected chi connectivity index (χ1v) is 9.85. The van der Waals surface area contributed by atoms with Crippen LogP contribution in [0.15, 0.2) is 58.5 Å². The van der Waals surface area contributed by atoms with Crippen molar-refractivity contribution >= 4 is 28.6 Å². The van der Waals surface area contributed by atoms with Crippen LogP contribution in [0.2, 0.25) is 0 Å². The van der Waals surface area contributed by atoms with Crippen LogP contribution < -0.4 is 5.56 Å². The van der Waals surface area contributed by atoms with Crippen molar-refractivity contribution in [3.8, 4) is 0 Å². The highest BCUT2D eigenvalue weighted by Crippen LogP contribution is 2.25. The molecule has 0 saturated carbocycles. The van der Waals surface area contributed by atoms with Crippen LogP contribution in [0.1, 0.15) is 42.2 Å². The molecule has 0 bridgehead atoms. The van der Waals surface area contributed by atoms with E-state index in [1.54, 1.807) is 10.6 Å². The van der Waals surface area contributed by atoms with Crippen LogP contribution in [0, 0.1) is 0 Å². The first-order chi connectivity index (χ1) is 13.0. The van der Waals surface area contributed by atoms with E-state index in [9.17, 15) is 9.59 Å². The molecule has 5 nitrogen and oxygen atoms in total. The Labute approximate surface area is 162 Å². The molecule has 1 atom stereocenters. The van der Waals surface area contributed by atoms with Gasteiger partial charge in [0.15, 0.2) is 5.16 Å². The van der Waals surface area contributed by atoms with Crippen LogP contribution in [0.4, 0.5) is 0 Å². The Morgan fingerprint density at radius 1 is 1.22 bits per heavy atom. The highest BCUT2D eigenvalue weighted by molar-refractivity contribution is 7.98. The second-order valence-electron chi connectivity index (χ2n) is 6.32. The minimum Gasteiger partial charge on any atom is -0.465 e. The molecule has 0 fully saturated rings. The third-order valence-corrected chi connectivity index (χ3v) is 5.55. The van der Waals surface area contributed by atoms with Gasteiger partial charge < -0.3 is 4.74 Å². The quantitative estimate of drug-likeness (QED) is 0.358. The molecule has 0 N–H and O–H groups in total. The Hall–Kier alpha value is -2.60. The van der Waals surface area contributed by atoms with Crippen LogP contribution in [-0.4, -0.2) is 22.6 Å². The predicted molar refractivity (Wildman–Crippen MR) is 108 cm³/mol. The molecule has 0 spiro atoms. The molecule has 140 valence electrons. The number of fused-ring (bicyclic) bond motifs is 1. The lowest BCUT2D eigenvalue weighted by molar-refractivity contribution is 0.0600. The summed E-state index contributed by atoms with van der Waals surface area (Å²) in [7, 11) is 1.37. The van der Waals surface area contributed by atoms with Gasteiger partial charge in [-0.15, -0.1) is 0 Å². The maximum Gasteiger partial charge on any atom is 0.337 e. The number of esters is 1. The smallest absolute Gasteiger partial charge is 0.337 e. The van der Waals surface area contributed by atoms with Gasteiger partial charge in [0.05, 0.1) is 23.6 Å². The van der Waals surface area contributed by atoms with Crippen molar-refractivity contribution in [1.29, 1.82) is 0 Å². The first-order valence-electron chi connectivity index (χ1n) is 8.86. The molecule has 0 aliphatic rings. The third kappa shape index (κ3) is 4.06. The first kappa shape index (κ1) is 19.2. The lowest BCUT2D eigenvalue weighted by atomic mass is 10.1. The number of nitrogens with zero attached hydrogens (tertiary/aromatic N) is 2. The van der Waals surface area contributed by atoms with Crippen molar-refractivity contribution in [2.75, 3.05) is 7.11 Å². The van der Waals surface area contributed by atoms with Crippen molar-refractivity contribution in [3.63, 3.8) is 0 Å². The summed E-state index contributed by atoms with van der Waals surface area (Å²) >= 11 is 1.50. The highest BCUT2D eigenvalue weighted by atomic mass is 32.2. The minimum absolute atomic E-state index is 0.0132. The van der Waals surface area contributed by atoms with E-state index in [2.05, 4.69) is 6.92 Å². The number of hydrogen-bond acceptors (Lipinski definition) is 5. The van der Waals surface area contributed by atoms with Gasteiger partial charge in [-0.2, -0.15) is 0 Å². The van der Waals surface area contributed by atoms with Gasteiger partial charge in [0.2, 0.25) is 0 Å². The second kappa shape index (κ2) is 8.39. The number of rotatable bonds is 6. The molecular weight excluding hydrogens is 360 g/mol. The van der Waals surface area contributed by atoms with Crippen LogP contribution in [0.5, 0.6) is 0 Å². The normalized spacial score (nSPS) is 12.1. The Bertz CT molecular complexity index is 1030. The number of hydrogen-bond donors (Lipinski definition) is 0. The SMILES string of the molecule is CC[C@H](C)n1c(SCc2cccc(C(=O)OC)c2)nc2ccccc2c1=O. The van der Waals surface area contributed by atoms with Gasteiger partial charge in [0.1, 0.15) is 0 Å². The Kier molecular flexibility index (Phi) is 5.96. The third-order valence-electron chi connectivity index (χ3n) is 4.52. The van der Waals surface area contributed by atoms with Gasteiger partial charge in [-0.05, 0) is 43.2 Å². The van der Waals surface area contributed by atoms with Crippen molar-refractivity contribution in [2.45, 2.75) is 37.2 Å². The summed E-state index contributed by atoms with van der Waals surface area (Å²) in [4.78, 5) is 29.4. The number of para-hydroxylation sites is 1. The second-order valence-corrected chi connectivity index (χ2v) is 7.27. The summed E-state index contributed by atoms with van der Waals surface area (Å²) in [6, 6.07) is 14.8. The number of methoxy groups -OCH3 is 1. The summed E-state index contributed by atoms with van der Waals surface area (Å²) in [5, 5.41) is 1.33. The molecule has 0 amide bonds. The summed E-state index contributed by atoms with van der Waals surface area (Å²) in [6.07, 6.45) is 0.839. The van der Waals surface area contributed by atoms with E-state index < -0.39 is 0 Å².